The lowest BCUT2D eigenvalue weighted by Crippen LogP contribution is -2.30. The van der Waals surface area contributed by atoms with Crippen molar-refractivity contribution in [1.82, 2.24) is 9.13 Å². The van der Waals surface area contributed by atoms with Crippen LogP contribution >= 0.6 is 0 Å². The van der Waals surface area contributed by atoms with Crippen molar-refractivity contribution in [3.8, 4) is 5.75 Å². The van der Waals surface area contributed by atoms with Gasteiger partial charge in [-0.15, -0.1) is 0 Å². The number of phenols is 1. The average molecular weight is 482 g/mol. The van der Waals surface area contributed by atoms with Crippen LogP contribution in [-0.2, 0) is 12.7 Å². The number of aryl methyl sites for hydroxylation is 2. The highest BCUT2D eigenvalue weighted by molar-refractivity contribution is 5.82. The van der Waals surface area contributed by atoms with Crippen LogP contribution in [0.15, 0.2) is 65.5 Å². The van der Waals surface area contributed by atoms with Gasteiger partial charge >= 0.3 is 11.9 Å². The number of alkyl halides is 3. The molecule has 0 radical (unpaired) electrons. The third kappa shape index (κ3) is 3.96. The average Bonchev–Trinajstić information content (AvgIpc) is 3.37. The van der Waals surface area contributed by atoms with Crippen LogP contribution in [0, 0.1) is 13.8 Å². The Morgan fingerprint density at radius 3 is 2.37 bits per heavy atom. The second-order valence-corrected chi connectivity index (χ2v) is 9.17. The Morgan fingerprint density at radius 2 is 1.66 bits per heavy atom. The van der Waals surface area contributed by atoms with Gasteiger partial charge in [0.15, 0.2) is 0 Å². The number of nitrogens with zero attached hydrogens (tertiary/aromatic N) is 3. The van der Waals surface area contributed by atoms with Crippen molar-refractivity contribution in [3.63, 3.8) is 0 Å². The first-order valence-electron chi connectivity index (χ1n) is 11.6. The zero-order valence-corrected chi connectivity index (χ0v) is 19.5. The molecule has 182 valence electrons. The molecule has 1 aliphatic heterocycles. The van der Waals surface area contributed by atoms with E-state index in [0.29, 0.717) is 18.5 Å². The molecule has 35 heavy (non-hydrogen) atoms. The van der Waals surface area contributed by atoms with Crippen molar-refractivity contribution < 1.29 is 18.3 Å². The maximum Gasteiger partial charge on any atom is 0.416 e. The number of anilines is 1. The third-order valence-electron chi connectivity index (χ3n) is 6.90. The smallest absolute Gasteiger partial charge is 0.416 e. The minimum atomic E-state index is -4.54. The number of rotatable bonds is 4. The first-order valence-corrected chi connectivity index (χ1v) is 11.6. The molecular weight excluding hydrogens is 455 g/mol. The molecule has 4 aromatic rings. The zero-order valence-electron chi connectivity index (χ0n) is 19.5. The molecule has 5 rings (SSSR count). The predicted octanol–water partition coefficient (Wildman–Crippen LogP) is 5.64. The Morgan fingerprint density at radius 1 is 0.971 bits per heavy atom. The summed E-state index contributed by atoms with van der Waals surface area (Å²) in [5, 5.41) is 10.6. The highest BCUT2D eigenvalue weighted by Gasteiger charge is 2.34. The fraction of sp³-hybridized carbons (Fsp3) is 0.296. The van der Waals surface area contributed by atoms with E-state index < -0.39 is 17.4 Å². The standard InChI is InChI=1S/C27H26F3N3O2/c1-17-7-5-8-18(2)24(17)31-14-13-20(16-31)33-22-11-6-12-23(34)25(22)32(26(33)35)15-19-9-3-4-10-21(19)27(28,29)30/h3-12,20,34H,13-16H2,1-2H3/t20-/m1/s1. The highest BCUT2D eigenvalue weighted by atomic mass is 19.4. The summed E-state index contributed by atoms with van der Waals surface area (Å²) < 4.78 is 43.8. The number of imidazole rings is 1. The van der Waals surface area contributed by atoms with Gasteiger partial charge in [-0.3, -0.25) is 9.13 Å². The van der Waals surface area contributed by atoms with Crippen LogP contribution in [0.5, 0.6) is 5.75 Å². The summed E-state index contributed by atoms with van der Waals surface area (Å²) >= 11 is 0. The number of hydrogen-bond acceptors (Lipinski definition) is 3. The second kappa shape index (κ2) is 8.52. The van der Waals surface area contributed by atoms with Gasteiger partial charge < -0.3 is 10.0 Å². The number of para-hydroxylation sites is 2. The van der Waals surface area contributed by atoms with E-state index in [1.54, 1.807) is 16.7 Å². The fourth-order valence-corrected chi connectivity index (χ4v) is 5.38. The number of aromatic nitrogens is 2. The summed E-state index contributed by atoms with van der Waals surface area (Å²) in [6.45, 7) is 5.18. The van der Waals surface area contributed by atoms with Crippen LogP contribution in [0.1, 0.15) is 34.7 Å². The summed E-state index contributed by atoms with van der Waals surface area (Å²) in [6.07, 6.45) is -3.83. The lowest BCUT2D eigenvalue weighted by molar-refractivity contribution is -0.138. The number of benzene rings is 3. The monoisotopic (exact) mass is 481 g/mol. The molecule has 8 heteroatoms. The largest absolute Gasteiger partial charge is 0.506 e. The van der Waals surface area contributed by atoms with Gasteiger partial charge in [0.05, 0.1) is 23.7 Å². The van der Waals surface area contributed by atoms with E-state index in [1.165, 1.54) is 28.8 Å². The molecule has 0 spiro atoms. The summed E-state index contributed by atoms with van der Waals surface area (Å²) in [6, 6.07) is 16.0. The van der Waals surface area contributed by atoms with Crippen LogP contribution in [0.2, 0.25) is 0 Å². The number of aromatic hydroxyl groups is 1. The minimum Gasteiger partial charge on any atom is -0.506 e. The van der Waals surface area contributed by atoms with E-state index in [4.69, 9.17) is 0 Å². The quantitative estimate of drug-likeness (QED) is 0.410. The Balaban J connectivity index is 1.59. The van der Waals surface area contributed by atoms with Crippen molar-refractivity contribution in [3.05, 3.63) is 93.4 Å². The molecule has 1 atom stereocenters. The van der Waals surface area contributed by atoms with Gasteiger partial charge in [-0.1, -0.05) is 42.5 Å². The molecule has 0 bridgehead atoms. The molecule has 5 nitrogen and oxygen atoms in total. The Hall–Kier alpha value is -3.68. The fourth-order valence-electron chi connectivity index (χ4n) is 5.38. The van der Waals surface area contributed by atoms with Gasteiger partial charge in [-0.25, -0.2) is 4.79 Å². The summed E-state index contributed by atoms with van der Waals surface area (Å²) in [5.74, 6) is -0.132. The maximum atomic E-state index is 13.7. The molecule has 1 saturated heterocycles. The molecule has 3 aromatic carbocycles. The second-order valence-electron chi connectivity index (χ2n) is 9.17. The Kier molecular flexibility index (Phi) is 5.62. The van der Waals surface area contributed by atoms with E-state index in [0.717, 1.165) is 29.4 Å². The third-order valence-corrected chi connectivity index (χ3v) is 6.90. The summed E-state index contributed by atoms with van der Waals surface area (Å²) in [4.78, 5) is 15.9. The van der Waals surface area contributed by atoms with Crippen LogP contribution in [0.4, 0.5) is 18.9 Å². The molecule has 1 N–H and O–H groups in total. The highest BCUT2D eigenvalue weighted by Crippen LogP contribution is 2.36. The normalized spacial score (nSPS) is 16.4. The molecule has 0 amide bonds. The first kappa shape index (κ1) is 23.1. The van der Waals surface area contributed by atoms with Gasteiger partial charge in [0.2, 0.25) is 0 Å². The molecule has 0 saturated carbocycles. The maximum absolute atomic E-state index is 13.7. The molecule has 1 aliphatic rings. The molecule has 1 aromatic heterocycles. The SMILES string of the molecule is Cc1cccc(C)c1N1CC[C@@H](n2c(=O)n(Cc3ccccc3C(F)(F)F)c3c(O)cccc32)C1. The summed E-state index contributed by atoms with van der Waals surface area (Å²) in [7, 11) is 0. The molecular formula is C27H26F3N3O2. The van der Waals surface area contributed by atoms with Crippen molar-refractivity contribution in [1.29, 1.82) is 0 Å². The van der Waals surface area contributed by atoms with Gasteiger partial charge in [0.1, 0.15) is 11.3 Å². The topological polar surface area (TPSA) is 50.4 Å². The minimum absolute atomic E-state index is 0.0204. The van der Waals surface area contributed by atoms with Crippen molar-refractivity contribution in [2.24, 2.45) is 0 Å². The van der Waals surface area contributed by atoms with Gasteiger partial charge in [0.25, 0.3) is 0 Å². The zero-order chi connectivity index (χ0) is 24.9. The Labute approximate surface area is 200 Å². The number of phenolic OH excluding ortho intramolecular Hbond substituents is 1. The van der Waals surface area contributed by atoms with Gasteiger partial charge in [-0.2, -0.15) is 13.2 Å². The van der Waals surface area contributed by atoms with E-state index >= 15 is 0 Å². The molecule has 1 fully saturated rings. The number of fused-ring (bicyclic) bond motifs is 1. The van der Waals surface area contributed by atoms with Crippen LogP contribution in [0.3, 0.4) is 0 Å². The van der Waals surface area contributed by atoms with E-state index in [2.05, 4.69) is 30.9 Å². The number of hydrogen-bond donors (Lipinski definition) is 1. The van der Waals surface area contributed by atoms with E-state index in [-0.39, 0.29) is 29.4 Å². The molecule has 0 aliphatic carbocycles. The Bertz CT molecular complexity index is 1450. The predicted molar refractivity (Wildman–Crippen MR) is 130 cm³/mol. The van der Waals surface area contributed by atoms with Crippen molar-refractivity contribution in [2.75, 3.05) is 18.0 Å². The lowest BCUT2D eigenvalue weighted by atomic mass is 10.1. The van der Waals surface area contributed by atoms with Crippen LogP contribution in [-0.4, -0.2) is 27.3 Å². The lowest BCUT2D eigenvalue weighted by Gasteiger charge is -2.23. The molecule has 2 heterocycles. The first-order chi connectivity index (χ1) is 16.7. The van der Waals surface area contributed by atoms with Crippen LogP contribution < -0.4 is 10.6 Å². The van der Waals surface area contributed by atoms with Gasteiger partial charge in [-0.05, 0) is 55.2 Å². The van der Waals surface area contributed by atoms with Crippen LogP contribution in [0.25, 0.3) is 11.0 Å². The number of halogens is 3. The molecule has 0 unspecified atom stereocenters. The van der Waals surface area contributed by atoms with E-state index in [1.807, 2.05) is 6.07 Å². The summed E-state index contributed by atoms with van der Waals surface area (Å²) in [5.41, 5.74) is 3.00. The van der Waals surface area contributed by atoms with Gasteiger partial charge in [0, 0.05) is 18.8 Å². The van der Waals surface area contributed by atoms with Crippen molar-refractivity contribution >= 4 is 16.7 Å². The van der Waals surface area contributed by atoms with E-state index in [9.17, 15) is 23.1 Å². The van der Waals surface area contributed by atoms with Crippen molar-refractivity contribution in [2.45, 2.75) is 39.0 Å².